The molecule has 1 aliphatic rings. The molecule has 1 unspecified atom stereocenters. The smallest absolute Gasteiger partial charge is 0.191 e. The van der Waals surface area contributed by atoms with E-state index in [1.807, 2.05) is 12.3 Å². The molecular weight excluding hydrogens is 272 g/mol. The number of nitrogens with zero attached hydrogens (tertiary/aromatic N) is 3. The van der Waals surface area contributed by atoms with E-state index in [1.165, 1.54) is 0 Å². The molecule has 112 valence electrons. The Morgan fingerprint density at radius 3 is 3.10 bits per heavy atom. The van der Waals surface area contributed by atoms with Crippen LogP contribution in [0.5, 0.6) is 0 Å². The van der Waals surface area contributed by atoms with Crippen LogP contribution in [0.3, 0.4) is 0 Å². The van der Waals surface area contributed by atoms with Crippen LogP contribution in [0.15, 0.2) is 11.2 Å². The third-order valence-corrected chi connectivity index (χ3v) is 3.75. The molecule has 0 spiro atoms. The van der Waals surface area contributed by atoms with Crippen molar-refractivity contribution in [3.63, 3.8) is 0 Å². The molecule has 0 saturated carbocycles. The lowest BCUT2D eigenvalue weighted by atomic mass is 10.3. The van der Waals surface area contributed by atoms with Crippen LogP contribution in [0, 0.1) is 0 Å². The second kappa shape index (κ2) is 7.69. The number of ether oxygens (including phenoxy) is 1. The minimum absolute atomic E-state index is 0.247. The molecule has 20 heavy (non-hydrogen) atoms. The van der Waals surface area contributed by atoms with Crippen molar-refractivity contribution in [2.45, 2.75) is 37.9 Å². The second-order valence-electron chi connectivity index (χ2n) is 5.01. The van der Waals surface area contributed by atoms with Crippen molar-refractivity contribution >= 4 is 23.4 Å². The van der Waals surface area contributed by atoms with Crippen molar-refractivity contribution in [1.82, 2.24) is 9.97 Å². The van der Waals surface area contributed by atoms with Crippen LogP contribution in [0.4, 0.5) is 11.6 Å². The summed E-state index contributed by atoms with van der Waals surface area (Å²) in [6.45, 7) is 7.91. The maximum absolute atomic E-state index is 5.70. The summed E-state index contributed by atoms with van der Waals surface area (Å²) in [4.78, 5) is 11.5. The predicted molar refractivity (Wildman–Crippen MR) is 84.8 cm³/mol. The lowest BCUT2D eigenvalue weighted by Gasteiger charge is -2.24. The van der Waals surface area contributed by atoms with Crippen LogP contribution < -0.4 is 10.2 Å². The van der Waals surface area contributed by atoms with Gasteiger partial charge in [-0.2, -0.15) is 0 Å². The van der Waals surface area contributed by atoms with Crippen LogP contribution >= 0.6 is 11.8 Å². The Morgan fingerprint density at radius 1 is 1.50 bits per heavy atom. The second-order valence-corrected chi connectivity index (χ2v) is 5.78. The van der Waals surface area contributed by atoms with E-state index in [2.05, 4.69) is 34.0 Å². The molecule has 0 bridgehead atoms. The van der Waals surface area contributed by atoms with Gasteiger partial charge in [0, 0.05) is 32.3 Å². The highest BCUT2D eigenvalue weighted by molar-refractivity contribution is 7.98. The van der Waals surface area contributed by atoms with Gasteiger partial charge >= 0.3 is 0 Å². The molecule has 2 rings (SSSR count). The van der Waals surface area contributed by atoms with Crippen molar-refractivity contribution in [3.05, 3.63) is 6.07 Å². The third-order valence-electron chi connectivity index (χ3n) is 3.21. The molecule has 1 aliphatic heterocycles. The van der Waals surface area contributed by atoms with Gasteiger partial charge in [-0.3, -0.25) is 0 Å². The van der Waals surface area contributed by atoms with E-state index < -0.39 is 0 Å². The molecular formula is C14H24N4OS. The average Bonchev–Trinajstić information content (AvgIpc) is 2.69. The third kappa shape index (κ3) is 4.24. The van der Waals surface area contributed by atoms with Gasteiger partial charge in [0.05, 0.1) is 6.10 Å². The van der Waals surface area contributed by atoms with E-state index >= 15 is 0 Å². The zero-order valence-corrected chi connectivity index (χ0v) is 13.4. The first-order valence-corrected chi connectivity index (χ1v) is 8.49. The molecule has 6 heteroatoms. The highest BCUT2D eigenvalue weighted by atomic mass is 32.2. The summed E-state index contributed by atoms with van der Waals surface area (Å²) in [6.07, 6.45) is 4.39. The Labute approximate surface area is 125 Å². The van der Waals surface area contributed by atoms with E-state index in [0.717, 1.165) is 55.9 Å². The number of hydrogen-bond acceptors (Lipinski definition) is 6. The first-order valence-electron chi connectivity index (χ1n) is 7.26. The monoisotopic (exact) mass is 296 g/mol. The van der Waals surface area contributed by atoms with Gasteiger partial charge in [0.1, 0.15) is 11.6 Å². The summed E-state index contributed by atoms with van der Waals surface area (Å²) >= 11 is 1.58. The van der Waals surface area contributed by atoms with E-state index in [9.17, 15) is 0 Å². The lowest BCUT2D eigenvalue weighted by Crippen LogP contribution is -2.31. The fraction of sp³-hybridized carbons (Fsp3) is 0.714. The maximum atomic E-state index is 5.70. The summed E-state index contributed by atoms with van der Waals surface area (Å²) in [5, 5.41) is 4.17. The zero-order chi connectivity index (χ0) is 14.4. The van der Waals surface area contributed by atoms with Crippen LogP contribution in [0.2, 0.25) is 0 Å². The van der Waals surface area contributed by atoms with Crippen molar-refractivity contribution < 1.29 is 4.74 Å². The molecule has 1 N–H and O–H groups in total. The Kier molecular flexibility index (Phi) is 5.91. The molecule has 0 amide bonds. The highest BCUT2D eigenvalue weighted by Gasteiger charge is 2.17. The number of rotatable bonds is 5. The Hall–Kier alpha value is -1.01. The molecule has 1 atom stereocenters. The van der Waals surface area contributed by atoms with Crippen molar-refractivity contribution in [1.29, 1.82) is 0 Å². The van der Waals surface area contributed by atoms with E-state index in [1.54, 1.807) is 11.8 Å². The fourth-order valence-electron chi connectivity index (χ4n) is 2.21. The van der Waals surface area contributed by atoms with Gasteiger partial charge in [-0.15, -0.1) is 0 Å². The van der Waals surface area contributed by atoms with Crippen LogP contribution in [0.25, 0.3) is 0 Å². The molecule has 1 aromatic heterocycles. The van der Waals surface area contributed by atoms with Gasteiger partial charge in [-0.25, -0.2) is 9.97 Å². The average molecular weight is 296 g/mol. The molecule has 2 heterocycles. The molecule has 1 saturated heterocycles. The van der Waals surface area contributed by atoms with Gasteiger partial charge < -0.3 is 15.0 Å². The summed E-state index contributed by atoms with van der Waals surface area (Å²) in [7, 11) is 0. The van der Waals surface area contributed by atoms with Gasteiger partial charge in [-0.1, -0.05) is 18.7 Å². The van der Waals surface area contributed by atoms with E-state index in [4.69, 9.17) is 4.74 Å². The fourth-order valence-corrected chi connectivity index (χ4v) is 2.59. The SMILES string of the molecule is CCCNc1cc(N2CCCOC(C)C2)nc(SC)n1. The highest BCUT2D eigenvalue weighted by Crippen LogP contribution is 2.22. The Morgan fingerprint density at radius 2 is 2.35 bits per heavy atom. The Balaban J connectivity index is 2.19. The number of aromatic nitrogens is 2. The largest absolute Gasteiger partial charge is 0.377 e. The standard InChI is InChI=1S/C14H24N4OS/c1-4-6-15-12-9-13(17-14(16-12)20-3)18-7-5-8-19-11(2)10-18/h9,11H,4-8,10H2,1-3H3,(H,15,16,17). The first-order chi connectivity index (χ1) is 9.72. The molecule has 0 radical (unpaired) electrons. The summed E-state index contributed by atoms with van der Waals surface area (Å²) in [6, 6.07) is 2.05. The normalized spacial score (nSPS) is 19.8. The maximum Gasteiger partial charge on any atom is 0.191 e. The predicted octanol–water partition coefficient (Wildman–Crippen LogP) is 2.64. The molecule has 0 aliphatic carbocycles. The summed E-state index contributed by atoms with van der Waals surface area (Å²) in [5.74, 6) is 1.92. The number of thioether (sulfide) groups is 1. The van der Waals surface area contributed by atoms with Crippen LogP contribution in [-0.2, 0) is 4.74 Å². The minimum Gasteiger partial charge on any atom is -0.377 e. The quantitative estimate of drug-likeness (QED) is 0.666. The van der Waals surface area contributed by atoms with Gasteiger partial charge in [0.2, 0.25) is 0 Å². The van der Waals surface area contributed by atoms with Gasteiger partial charge in [-0.05, 0) is 26.0 Å². The Bertz CT molecular complexity index is 430. The van der Waals surface area contributed by atoms with Crippen molar-refractivity contribution in [3.8, 4) is 0 Å². The molecule has 1 fully saturated rings. The molecule has 1 aromatic rings. The number of nitrogens with one attached hydrogen (secondary N) is 1. The minimum atomic E-state index is 0.247. The van der Waals surface area contributed by atoms with E-state index in [0.29, 0.717) is 0 Å². The summed E-state index contributed by atoms with van der Waals surface area (Å²) in [5.41, 5.74) is 0. The molecule has 5 nitrogen and oxygen atoms in total. The lowest BCUT2D eigenvalue weighted by molar-refractivity contribution is 0.0820. The van der Waals surface area contributed by atoms with Crippen LogP contribution in [-0.4, -0.2) is 48.6 Å². The van der Waals surface area contributed by atoms with E-state index in [-0.39, 0.29) is 6.10 Å². The number of anilines is 2. The van der Waals surface area contributed by atoms with Gasteiger partial charge in [0.25, 0.3) is 0 Å². The number of hydrogen-bond donors (Lipinski definition) is 1. The van der Waals surface area contributed by atoms with Crippen molar-refractivity contribution in [2.75, 3.05) is 42.7 Å². The van der Waals surface area contributed by atoms with Gasteiger partial charge in [0.15, 0.2) is 5.16 Å². The van der Waals surface area contributed by atoms with Crippen molar-refractivity contribution in [2.24, 2.45) is 0 Å². The molecule has 0 aromatic carbocycles. The van der Waals surface area contributed by atoms with Crippen LogP contribution in [0.1, 0.15) is 26.7 Å². The zero-order valence-electron chi connectivity index (χ0n) is 12.6. The summed E-state index contributed by atoms with van der Waals surface area (Å²) < 4.78 is 5.70. The first kappa shape index (κ1) is 15.4. The topological polar surface area (TPSA) is 50.3 Å².